The van der Waals surface area contributed by atoms with E-state index in [1.165, 1.54) is 36.8 Å². The average Bonchev–Trinajstić information content (AvgIpc) is 2.92. The lowest BCUT2D eigenvalue weighted by atomic mass is 9.65. The van der Waals surface area contributed by atoms with Crippen molar-refractivity contribution >= 4 is 10.0 Å². The van der Waals surface area contributed by atoms with Gasteiger partial charge in [-0.25, -0.2) is 13.6 Å². The fourth-order valence-electron chi connectivity index (χ4n) is 5.81. The summed E-state index contributed by atoms with van der Waals surface area (Å²) in [5.41, 5.74) is 2.05. The van der Waals surface area contributed by atoms with Gasteiger partial charge in [-0.2, -0.15) is 0 Å². The van der Waals surface area contributed by atoms with Crippen LogP contribution in [0.3, 0.4) is 0 Å². The Morgan fingerprint density at radius 2 is 1.41 bits per heavy atom. The van der Waals surface area contributed by atoms with Crippen molar-refractivity contribution in [2.75, 3.05) is 12.8 Å². The molecular formula is C24H32N2O2S. The van der Waals surface area contributed by atoms with Crippen LogP contribution in [0.5, 0.6) is 0 Å². The highest BCUT2D eigenvalue weighted by Crippen LogP contribution is 2.47. The maximum Gasteiger partial charge on any atom is 0.209 e. The molecule has 2 unspecified atom stereocenters. The van der Waals surface area contributed by atoms with Crippen LogP contribution in [0.25, 0.3) is 0 Å². The number of nitrogens with two attached hydrogens (primary N) is 1. The van der Waals surface area contributed by atoms with E-state index in [0.29, 0.717) is 24.4 Å². The summed E-state index contributed by atoms with van der Waals surface area (Å²) in [4.78, 5) is 2.56. The molecule has 29 heavy (non-hydrogen) atoms. The molecule has 0 amide bonds. The van der Waals surface area contributed by atoms with Gasteiger partial charge in [-0.05, 0) is 62.6 Å². The Bertz CT molecular complexity index is 861. The molecule has 0 spiro atoms. The summed E-state index contributed by atoms with van der Waals surface area (Å²) in [6.45, 7) is 0. The molecule has 0 radical (unpaired) electrons. The molecule has 2 aliphatic heterocycles. The van der Waals surface area contributed by atoms with Gasteiger partial charge in [0.15, 0.2) is 0 Å². The summed E-state index contributed by atoms with van der Waals surface area (Å²) in [6.07, 6.45) is 6.46. The maximum absolute atomic E-state index is 12.0. The summed E-state index contributed by atoms with van der Waals surface area (Å²) in [5, 5.41) is 5.47. The molecule has 2 bridgehead atoms. The van der Waals surface area contributed by atoms with Gasteiger partial charge in [0.25, 0.3) is 0 Å². The fourth-order valence-corrected chi connectivity index (χ4v) is 6.44. The van der Waals surface area contributed by atoms with Crippen LogP contribution in [0.4, 0.5) is 0 Å². The molecule has 0 aromatic heterocycles. The van der Waals surface area contributed by atoms with Crippen molar-refractivity contribution < 1.29 is 8.42 Å². The standard InChI is InChI=1S/C24H32N2O2S/c1-26-22-12-13-23(26)17-19(16-22)18-24(14-15-29(25,27)28,20-8-4-2-5-9-20)21-10-6-3-7-11-21/h2-11,19,22-23H,12-18H2,1H3,(H2,25,27,28). The highest BCUT2D eigenvalue weighted by molar-refractivity contribution is 7.89. The van der Waals surface area contributed by atoms with Gasteiger partial charge in [0, 0.05) is 17.5 Å². The number of rotatable bonds is 7. The minimum absolute atomic E-state index is 0.00370. The number of sulfonamides is 1. The molecule has 2 fully saturated rings. The summed E-state index contributed by atoms with van der Waals surface area (Å²) in [5.74, 6) is 0.584. The third-order valence-corrected chi connectivity index (χ3v) is 8.07. The zero-order valence-electron chi connectivity index (χ0n) is 17.2. The summed E-state index contributed by atoms with van der Waals surface area (Å²) < 4.78 is 23.9. The molecule has 5 heteroatoms. The first kappa shape index (κ1) is 20.6. The third-order valence-electron chi connectivity index (χ3n) is 7.30. The summed E-state index contributed by atoms with van der Waals surface area (Å²) in [6, 6.07) is 22.2. The van der Waals surface area contributed by atoms with Crippen LogP contribution in [0, 0.1) is 5.92 Å². The Morgan fingerprint density at radius 1 is 0.931 bits per heavy atom. The zero-order valence-corrected chi connectivity index (χ0v) is 18.0. The van der Waals surface area contributed by atoms with E-state index >= 15 is 0 Å². The van der Waals surface area contributed by atoms with Crippen LogP contribution < -0.4 is 5.14 Å². The predicted octanol–water partition coefficient (Wildman–Crippen LogP) is 3.91. The van der Waals surface area contributed by atoms with E-state index in [1.807, 2.05) is 12.1 Å². The second kappa shape index (κ2) is 8.21. The minimum atomic E-state index is -3.54. The first-order valence-electron chi connectivity index (χ1n) is 10.7. The molecule has 2 heterocycles. The number of primary sulfonamides is 1. The molecule has 2 aromatic carbocycles. The molecular weight excluding hydrogens is 380 g/mol. The minimum Gasteiger partial charge on any atom is -0.300 e. The molecule has 4 nitrogen and oxygen atoms in total. The lowest BCUT2D eigenvalue weighted by molar-refractivity contribution is 0.118. The number of hydrogen-bond donors (Lipinski definition) is 1. The number of hydrogen-bond acceptors (Lipinski definition) is 3. The molecule has 4 rings (SSSR count). The van der Waals surface area contributed by atoms with E-state index in [2.05, 4.69) is 60.5 Å². The van der Waals surface area contributed by atoms with E-state index < -0.39 is 10.0 Å². The van der Waals surface area contributed by atoms with Crippen molar-refractivity contribution in [1.82, 2.24) is 4.90 Å². The molecule has 2 N–H and O–H groups in total. The quantitative estimate of drug-likeness (QED) is 0.750. The van der Waals surface area contributed by atoms with Gasteiger partial charge in [0.2, 0.25) is 10.0 Å². The Balaban J connectivity index is 1.74. The van der Waals surface area contributed by atoms with Crippen molar-refractivity contribution in [3.05, 3.63) is 71.8 Å². The van der Waals surface area contributed by atoms with Gasteiger partial charge in [-0.3, -0.25) is 0 Å². The Hall–Kier alpha value is -1.69. The molecule has 2 aromatic rings. The first-order chi connectivity index (χ1) is 13.9. The van der Waals surface area contributed by atoms with Gasteiger partial charge in [0.05, 0.1) is 5.75 Å². The smallest absolute Gasteiger partial charge is 0.209 e. The number of fused-ring (bicyclic) bond motifs is 2. The zero-order chi connectivity index (χ0) is 20.5. The van der Waals surface area contributed by atoms with E-state index in [-0.39, 0.29) is 11.2 Å². The number of benzene rings is 2. The lowest BCUT2D eigenvalue weighted by Gasteiger charge is -2.43. The highest BCUT2D eigenvalue weighted by atomic mass is 32.2. The Labute approximate surface area is 175 Å². The normalized spacial score (nSPS) is 25.2. The second-order valence-corrected chi connectivity index (χ2v) is 10.8. The molecule has 0 aliphatic carbocycles. The van der Waals surface area contributed by atoms with E-state index in [4.69, 9.17) is 5.14 Å². The molecule has 156 valence electrons. The summed E-state index contributed by atoms with van der Waals surface area (Å²) in [7, 11) is -1.28. The van der Waals surface area contributed by atoms with Gasteiger partial charge >= 0.3 is 0 Å². The number of piperidine rings is 1. The fraction of sp³-hybridized carbons (Fsp3) is 0.500. The van der Waals surface area contributed by atoms with E-state index in [9.17, 15) is 8.42 Å². The highest BCUT2D eigenvalue weighted by Gasteiger charge is 2.43. The number of nitrogens with zero attached hydrogens (tertiary/aromatic N) is 1. The van der Waals surface area contributed by atoms with Crippen LogP contribution in [-0.2, 0) is 15.4 Å². The molecule has 0 saturated carbocycles. The third kappa shape index (κ3) is 4.42. The van der Waals surface area contributed by atoms with E-state index in [0.717, 1.165) is 6.42 Å². The van der Waals surface area contributed by atoms with E-state index in [1.54, 1.807) is 0 Å². The monoisotopic (exact) mass is 412 g/mol. The van der Waals surface area contributed by atoms with Crippen molar-refractivity contribution in [2.45, 2.75) is 56.0 Å². The van der Waals surface area contributed by atoms with Gasteiger partial charge in [-0.1, -0.05) is 60.7 Å². The Morgan fingerprint density at radius 3 is 1.86 bits per heavy atom. The second-order valence-electron chi connectivity index (χ2n) is 9.02. The van der Waals surface area contributed by atoms with Gasteiger partial charge in [0.1, 0.15) is 0 Å². The van der Waals surface area contributed by atoms with Crippen molar-refractivity contribution in [1.29, 1.82) is 0 Å². The van der Waals surface area contributed by atoms with Gasteiger partial charge < -0.3 is 4.90 Å². The SMILES string of the molecule is CN1C2CCC1CC(CC(CCS(N)(=O)=O)(c1ccccc1)c1ccccc1)C2. The molecule has 2 saturated heterocycles. The molecule has 2 aliphatic rings. The average molecular weight is 413 g/mol. The molecule has 2 atom stereocenters. The van der Waals surface area contributed by atoms with Crippen LogP contribution in [-0.4, -0.2) is 38.2 Å². The van der Waals surface area contributed by atoms with Crippen LogP contribution in [0.1, 0.15) is 49.7 Å². The van der Waals surface area contributed by atoms with Crippen LogP contribution in [0.2, 0.25) is 0 Å². The van der Waals surface area contributed by atoms with Crippen molar-refractivity contribution in [3.63, 3.8) is 0 Å². The van der Waals surface area contributed by atoms with Gasteiger partial charge in [-0.15, -0.1) is 0 Å². The largest absolute Gasteiger partial charge is 0.300 e. The van der Waals surface area contributed by atoms with Crippen molar-refractivity contribution in [2.24, 2.45) is 11.1 Å². The predicted molar refractivity (Wildman–Crippen MR) is 118 cm³/mol. The topological polar surface area (TPSA) is 63.4 Å². The lowest BCUT2D eigenvalue weighted by Crippen LogP contribution is -2.43. The maximum atomic E-state index is 12.0. The Kier molecular flexibility index (Phi) is 5.83. The van der Waals surface area contributed by atoms with Crippen molar-refractivity contribution in [3.8, 4) is 0 Å². The van der Waals surface area contributed by atoms with Crippen LogP contribution in [0.15, 0.2) is 60.7 Å². The van der Waals surface area contributed by atoms with Crippen LogP contribution >= 0.6 is 0 Å². The first-order valence-corrected chi connectivity index (χ1v) is 12.4. The summed E-state index contributed by atoms with van der Waals surface area (Å²) >= 11 is 0.